The monoisotopic (exact) mass is 885 g/mol. The molecule has 5 fully saturated rings. The lowest BCUT2D eigenvalue weighted by molar-refractivity contribution is -0.149. The molecule has 0 atom stereocenters. The van der Waals surface area contributed by atoms with Gasteiger partial charge in [0.1, 0.15) is 18.8 Å². The van der Waals surface area contributed by atoms with Crippen LogP contribution in [0.3, 0.4) is 0 Å². The number of esters is 3. The summed E-state index contributed by atoms with van der Waals surface area (Å²) >= 11 is 0. The van der Waals surface area contributed by atoms with Gasteiger partial charge >= 0.3 is 17.9 Å². The molecule has 0 aromatic rings. The number of piperazine rings is 3. The number of nitrogens with one attached hydrogen (secondary N) is 3. The van der Waals surface area contributed by atoms with Gasteiger partial charge in [0.05, 0.1) is 0 Å². The molecule has 2 amide bonds. The molecule has 0 radical (unpaired) electrons. The fourth-order valence-corrected chi connectivity index (χ4v) is 7.45. The van der Waals surface area contributed by atoms with Crippen LogP contribution in [-0.4, -0.2) is 248 Å². The van der Waals surface area contributed by atoms with Crippen molar-refractivity contribution in [3.63, 3.8) is 0 Å². The number of hydrogen-bond donors (Lipinski definition) is 3. The Hall–Kier alpha value is -2.97. The van der Waals surface area contributed by atoms with Gasteiger partial charge in [0.15, 0.2) is 0 Å². The highest BCUT2D eigenvalue weighted by atomic mass is 16.5. The van der Waals surface area contributed by atoms with Gasteiger partial charge in [0.25, 0.3) is 0 Å². The lowest BCUT2D eigenvalue weighted by Crippen LogP contribution is -2.49. The molecule has 18 heteroatoms. The Morgan fingerprint density at radius 1 is 0.500 bits per heavy atom. The van der Waals surface area contributed by atoms with Crippen LogP contribution in [0.1, 0.15) is 73.1 Å². The number of ether oxygens (including phenoxy) is 3. The number of hydrogen-bond acceptors (Lipinski definition) is 16. The minimum Gasteiger partial charge on any atom is -0.465 e. The zero-order valence-corrected chi connectivity index (χ0v) is 40.5. The Bertz CT molecular complexity index is 1170. The standard InChI is InChI=1S/2C9H19N3O.C9H18N2O2.C9H17NO2.C8H15NO2/c1-9(13)10-3-4-12-7-5-11(2)6-8-12;1-9(13)12-7-5-11(6-8-12)4-3-10-2;1-9(12)13-8-7-11-5-3-10(2)4-6-11;1-7(11)12-9-5-3-8(10-2)4-6-9;1-7(10)11-8-3-5-9(2)6-4-8/h3-8H2,1-2H3,(H,10,13);10H,3-8H2,1-2H3;3-8H2,1-2H3;8-10H,3-6H2,1-2H3;8H,3-6H2,1-2H3. The molecule has 1 saturated carbocycles. The molecule has 0 spiro atoms. The summed E-state index contributed by atoms with van der Waals surface area (Å²) in [5, 5.41) is 9.17. The third-order valence-corrected chi connectivity index (χ3v) is 11.6. The average Bonchev–Trinajstić information content (AvgIpc) is 3.23. The van der Waals surface area contributed by atoms with Crippen LogP contribution in [0, 0.1) is 0 Å². The fraction of sp³-hybridized carbons (Fsp3) is 0.886. The molecule has 18 nitrogen and oxygen atoms in total. The largest absolute Gasteiger partial charge is 0.465 e. The Labute approximate surface area is 375 Å². The van der Waals surface area contributed by atoms with E-state index in [-0.39, 0.29) is 41.9 Å². The van der Waals surface area contributed by atoms with E-state index >= 15 is 0 Å². The quantitative estimate of drug-likeness (QED) is 0.180. The van der Waals surface area contributed by atoms with Gasteiger partial charge in [-0.05, 0) is 73.8 Å². The van der Waals surface area contributed by atoms with Crippen LogP contribution in [-0.2, 0) is 38.2 Å². The van der Waals surface area contributed by atoms with Crippen LogP contribution in [0.5, 0.6) is 0 Å². The van der Waals surface area contributed by atoms with Crippen molar-refractivity contribution >= 4 is 29.7 Å². The molecule has 3 N–H and O–H groups in total. The summed E-state index contributed by atoms with van der Waals surface area (Å²) in [5.74, 6) is -0.223. The number of amides is 2. The number of carbonyl (C=O) groups excluding carboxylic acids is 5. The summed E-state index contributed by atoms with van der Waals surface area (Å²) in [5.41, 5.74) is 0. The minimum absolute atomic E-state index is 0.0640. The van der Waals surface area contributed by atoms with E-state index < -0.39 is 0 Å². The topological polar surface area (TPSA) is 172 Å². The van der Waals surface area contributed by atoms with E-state index in [0.29, 0.717) is 12.6 Å². The highest BCUT2D eigenvalue weighted by Crippen LogP contribution is 2.21. The number of likely N-dealkylation sites (tertiary alicyclic amines) is 1. The van der Waals surface area contributed by atoms with E-state index in [1.165, 1.54) is 20.8 Å². The molecule has 5 aliphatic rings. The number of carbonyl (C=O) groups is 5. The van der Waals surface area contributed by atoms with Crippen LogP contribution in [0.15, 0.2) is 0 Å². The highest BCUT2D eigenvalue weighted by Gasteiger charge is 2.22. The number of piperidine rings is 1. The molecule has 0 aromatic heterocycles. The zero-order valence-electron chi connectivity index (χ0n) is 40.5. The first-order chi connectivity index (χ1) is 29.5. The van der Waals surface area contributed by atoms with Crippen LogP contribution in [0.4, 0.5) is 0 Å². The van der Waals surface area contributed by atoms with E-state index in [0.717, 1.165) is 163 Å². The van der Waals surface area contributed by atoms with Crippen molar-refractivity contribution in [3.05, 3.63) is 0 Å². The van der Waals surface area contributed by atoms with E-state index in [1.54, 1.807) is 13.8 Å². The van der Waals surface area contributed by atoms with Gasteiger partial charge < -0.3 is 49.8 Å². The van der Waals surface area contributed by atoms with Crippen molar-refractivity contribution in [1.82, 2.24) is 50.2 Å². The van der Waals surface area contributed by atoms with E-state index in [2.05, 4.69) is 66.5 Å². The molecule has 0 unspecified atom stereocenters. The van der Waals surface area contributed by atoms with Crippen molar-refractivity contribution in [2.45, 2.75) is 91.4 Å². The molecule has 4 saturated heterocycles. The predicted molar refractivity (Wildman–Crippen MR) is 245 cm³/mol. The maximum atomic E-state index is 11.0. The van der Waals surface area contributed by atoms with Crippen molar-refractivity contribution in [3.8, 4) is 0 Å². The van der Waals surface area contributed by atoms with Gasteiger partial charge in [0.2, 0.25) is 11.8 Å². The van der Waals surface area contributed by atoms with Gasteiger partial charge in [-0.2, -0.15) is 0 Å². The van der Waals surface area contributed by atoms with Crippen LogP contribution >= 0.6 is 0 Å². The Morgan fingerprint density at radius 3 is 1.32 bits per heavy atom. The Morgan fingerprint density at radius 2 is 0.919 bits per heavy atom. The maximum Gasteiger partial charge on any atom is 0.302 e. The normalized spacial score (nSPS) is 22.1. The van der Waals surface area contributed by atoms with Gasteiger partial charge in [-0.25, -0.2) is 0 Å². The molecular weight excluding hydrogens is 797 g/mol. The first-order valence-electron chi connectivity index (χ1n) is 23.0. The third kappa shape index (κ3) is 30.2. The fourth-order valence-electron chi connectivity index (χ4n) is 7.45. The molecule has 4 aliphatic heterocycles. The smallest absolute Gasteiger partial charge is 0.302 e. The highest BCUT2D eigenvalue weighted by molar-refractivity contribution is 5.73. The number of nitrogens with zero attached hydrogens (tertiary/aromatic N) is 7. The summed E-state index contributed by atoms with van der Waals surface area (Å²) in [6.45, 7) is 27.7. The average molecular weight is 885 g/mol. The zero-order chi connectivity index (χ0) is 46.3. The first-order valence-corrected chi connectivity index (χ1v) is 23.0. The van der Waals surface area contributed by atoms with Crippen molar-refractivity contribution in [1.29, 1.82) is 0 Å². The van der Waals surface area contributed by atoms with Crippen LogP contribution < -0.4 is 16.0 Å². The second-order valence-electron chi connectivity index (χ2n) is 17.0. The van der Waals surface area contributed by atoms with E-state index in [4.69, 9.17) is 14.2 Å². The minimum atomic E-state index is -0.186. The second kappa shape index (κ2) is 34.4. The van der Waals surface area contributed by atoms with Crippen molar-refractivity contribution < 1.29 is 38.2 Å². The van der Waals surface area contributed by atoms with Gasteiger partial charge in [-0.3, -0.25) is 38.7 Å². The Balaban J connectivity index is 0.000000388. The number of rotatable bonds is 12. The van der Waals surface area contributed by atoms with E-state index in [9.17, 15) is 24.0 Å². The summed E-state index contributed by atoms with van der Waals surface area (Å²) in [4.78, 5) is 69.2. The van der Waals surface area contributed by atoms with Gasteiger partial charge in [-0.15, -0.1) is 0 Å². The molecule has 5 rings (SSSR count). The lowest BCUT2D eigenvalue weighted by Gasteiger charge is -2.34. The molecule has 0 bridgehead atoms. The predicted octanol–water partition coefficient (Wildman–Crippen LogP) is 0.260. The SMILES string of the molecule is CC(=O)NCCN1CCN(C)CC1.CC(=O)OC1CCN(C)CC1.CC(=O)OCCN1CCN(C)CC1.CNC1CCC(OC(C)=O)CC1.CNCCN1CCN(C(C)=O)CC1. The first kappa shape index (κ1) is 57.0. The maximum absolute atomic E-state index is 11.0. The molecular formula is C44H88N10O8. The third-order valence-electron chi connectivity index (χ3n) is 11.6. The van der Waals surface area contributed by atoms with E-state index in [1.807, 2.05) is 19.0 Å². The van der Waals surface area contributed by atoms with Gasteiger partial charge in [0, 0.05) is 165 Å². The molecule has 62 heavy (non-hydrogen) atoms. The van der Waals surface area contributed by atoms with Crippen molar-refractivity contribution in [2.75, 3.05) is 166 Å². The second-order valence-corrected chi connectivity index (χ2v) is 17.0. The summed E-state index contributed by atoms with van der Waals surface area (Å²) < 4.78 is 15.1. The molecule has 0 aromatic carbocycles. The number of likely N-dealkylation sites (N-methyl/N-ethyl adjacent to an activating group) is 3. The van der Waals surface area contributed by atoms with Crippen LogP contribution in [0.25, 0.3) is 0 Å². The molecule has 4 heterocycles. The van der Waals surface area contributed by atoms with Crippen LogP contribution in [0.2, 0.25) is 0 Å². The van der Waals surface area contributed by atoms with Crippen molar-refractivity contribution in [2.24, 2.45) is 0 Å². The summed E-state index contributed by atoms with van der Waals surface area (Å²) in [6, 6.07) is 0.622. The molecule has 1 aliphatic carbocycles. The summed E-state index contributed by atoms with van der Waals surface area (Å²) in [6.07, 6.45) is 6.56. The summed E-state index contributed by atoms with van der Waals surface area (Å²) in [7, 11) is 10.3. The van der Waals surface area contributed by atoms with Gasteiger partial charge in [-0.1, -0.05) is 0 Å². The Kier molecular flexibility index (Phi) is 31.7. The molecule has 362 valence electrons. The lowest BCUT2D eigenvalue weighted by atomic mass is 9.93.